The molecule has 2 rings (SSSR count). The number of hydrogen-bond donors (Lipinski definition) is 2. The lowest BCUT2D eigenvalue weighted by atomic mass is 9.81. The number of benzene rings is 1. The minimum atomic E-state index is -0.845. The number of para-hydroxylation sites is 1. The van der Waals surface area contributed by atoms with Crippen LogP contribution in [0.3, 0.4) is 0 Å². The van der Waals surface area contributed by atoms with E-state index in [2.05, 4.69) is 10.6 Å². The molecule has 1 saturated carbocycles. The van der Waals surface area contributed by atoms with Crippen LogP contribution in [0.4, 0.5) is 5.69 Å². The third-order valence-corrected chi connectivity index (χ3v) is 3.77. The van der Waals surface area contributed by atoms with Gasteiger partial charge in [0.15, 0.2) is 0 Å². The van der Waals surface area contributed by atoms with Crippen LogP contribution in [0.1, 0.15) is 37.7 Å². The maximum absolute atomic E-state index is 12.5. The Morgan fingerprint density at radius 3 is 2.60 bits per heavy atom. The Hall–Kier alpha value is -2.35. The molecular weight excluding hydrogens is 254 g/mol. The number of amides is 2. The lowest BCUT2D eigenvalue weighted by Gasteiger charge is -2.35. The molecule has 0 heterocycles. The number of anilines is 1. The average Bonchev–Trinajstić information content (AvgIpc) is 2.49. The Morgan fingerprint density at radius 1 is 1.25 bits per heavy atom. The monoisotopic (exact) mass is 271 g/mol. The van der Waals surface area contributed by atoms with Gasteiger partial charge in [0.2, 0.25) is 12.3 Å². The quantitative estimate of drug-likeness (QED) is 0.821. The van der Waals surface area contributed by atoms with Crippen molar-refractivity contribution < 1.29 is 9.59 Å². The third kappa shape index (κ3) is 2.80. The molecule has 2 N–H and O–H groups in total. The number of carbonyl (C=O) groups excluding carboxylic acids is 2. The van der Waals surface area contributed by atoms with E-state index in [0.717, 1.165) is 19.3 Å². The van der Waals surface area contributed by atoms with Crippen LogP contribution < -0.4 is 10.6 Å². The van der Waals surface area contributed by atoms with E-state index in [4.69, 9.17) is 5.26 Å². The summed E-state index contributed by atoms with van der Waals surface area (Å²) >= 11 is 0. The minimum Gasteiger partial charge on any atom is -0.344 e. The maximum atomic E-state index is 12.5. The second-order valence-electron chi connectivity index (χ2n) is 5.02. The molecule has 0 bridgehead atoms. The van der Waals surface area contributed by atoms with Gasteiger partial charge in [-0.1, -0.05) is 31.4 Å². The Bertz CT molecular complexity index is 542. The lowest BCUT2D eigenvalue weighted by molar-refractivity contribution is -0.127. The van der Waals surface area contributed by atoms with Gasteiger partial charge in [0, 0.05) is 0 Å². The Morgan fingerprint density at radius 2 is 1.95 bits per heavy atom. The van der Waals surface area contributed by atoms with Crippen molar-refractivity contribution in [3.63, 3.8) is 0 Å². The van der Waals surface area contributed by atoms with Crippen LogP contribution in [0.15, 0.2) is 24.3 Å². The van der Waals surface area contributed by atoms with Crippen LogP contribution in [0.5, 0.6) is 0 Å². The number of rotatable bonds is 4. The molecule has 0 saturated heterocycles. The van der Waals surface area contributed by atoms with Crippen molar-refractivity contribution in [3.05, 3.63) is 29.8 Å². The standard InChI is InChI=1S/C15H17N3O2/c16-10-12-6-2-3-7-13(12)18-14(20)15(17-11-19)8-4-1-5-9-15/h2-3,6-7,11H,1,4-5,8-9H2,(H,17,19)(H,18,20). The van der Waals surface area contributed by atoms with Gasteiger partial charge in [-0.15, -0.1) is 0 Å². The largest absolute Gasteiger partial charge is 0.344 e. The zero-order valence-corrected chi connectivity index (χ0v) is 11.2. The van der Waals surface area contributed by atoms with Crippen LogP contribution >= 0.6 is 0 Å². The van der Waals surface area contributed by atoms with E-state index in [1.54, 1.807) is 24.3 Å². The van der Waals surface area contributed by atoms with E-state index in [1.165, 1.54) is 0 Å². The summed E-state index contributed by atoms with van der Waals surface area (Å²) in [6.07, 6.45) is 4.74. The van der Waals surface area contributed by atoms with Crippen molar-refractivity contribution in [1.29, 1.82) is 5.26 Å². The molecule has 1 aromatic rings. The highest BCUT2D eigenvalue weighted by molar-refractivity contribution is 6.00. The molecule has 1 aliphatic carbocycles. The first-order chi connectivity index (χ1) is 9.72. The first kappa shape index (κ1) is 14.1. The van der Waals surface area contributed by atoms with E-state index in [9.17, 15) is 9.59 Å². The third-order valence-electron chi connectivity index (χ3n) is 3.77. The van der Waals surface area contributed by atoms with Crippen LogP contribution in [-0.4, -0.2) is 17.9 Å². The Kier molecular flexibility index (Phi) is 4.36. The normalized spacial score (nSPS) is 16.8. The SMILES string of the molecule is N#Cc1ccccc1NC(=O)C1(NC=O)CCCCC1. The van der Waals surface area contributed by atoms with Crippen LogP contribution in [0.25, 0.3) is 0 Å². The molecule has 0 radical (unpaired) electrons. The van der Waals surface area contributed by atoms with Gasteiger partial charge < -0.3 is 10.6 Å². The van der Waals surface area contributed by atoms with Gasteiger partial charge >= 0.3 is 0 Å². The van der Waals surface area contributed by atoms with Crippen LogP contribution in [-0.2, 0) is 9.59 Å². The first-order valence-corrected chi connectivity index (χ1v) is 6.74. The van der Waals surface area contributed by atoms with Crippen molar-refractivity contribution >= 4 is 18.0 Å². The molecule has 20 heavy (non-hydrogen) atoms. The summed E-state index contributed by atoms with van der Waals surface area (Å²) in [7, 11) is 0. The fourth-order valence-corrected chi connectivity index (χ4v) is 2.64. The number of nitriles is 1. The van der Waals surface area contributed by atoms with Gasteiger partial charge in [0.05, 0.1) is 11.3 Å². The van der Waals surface area contributed by atoms with Crippen LogP contribution in [0.2, 0.25) is 0 Å². The number of nitrogens with zero attached hydrogens (tertiary/aromatic N) is 1. The summed E-state index contributed by atoms with van der Waals surface area (Å²) in [5.41, 5.74) is 0.0540. The van der Waals surface area contributed by atoms with Gasteiger partial charge in [-0.05, 0) is 25.0 Å². The predicted octanol–water partition coefficient (Wildman–Crippen LogP) is 1.95. The highest BCUT2D eigenvalue weighted by Crippen LogP contribution is 2.29. The molecule has 0 spiro atoms. The van der Waals surface area contributed by atoms with Gasteiger partial charge in [0.25, 0.3) is 0 Å². The first-order valence-electron chi connectivity index (χ1n) is 6.74. The second-order valence-corrected chi connectivity index (χ2v) is 5.02. The van der Waals surface area contributed by atoms with Crippen LogP contribution in [0, 0.1) is 11.3 Å². The molecular formula is C15H17N3O2. The Balaban J connectivity index is 2.20. The van der Waals surface area contributed by atoms with Crippen molar-refractivity contribution in [2.45, 2.75) is 37.6 Å². The number of hydrogen-bond acceptors (Lipinski definition) is 3. The lowest BCUT2D eigenvalue weighted by Crippen LogP contribution is -2.55. The van der Waals surface area contributed by atoms with Gasteiger partial charge in [0.1, 0.15) is 11.6 Å². The fourth-order valence-electron chi connectivity index (χ4n) is 2.64. The zero-order valence-electron chi connectivity index (χ0n) is 11.2. The molecule has 5 nitrogen and oxygen atoms in total. The summed E-state index contributed by atoms with van der Waals surface area (Å²) < 4.78 is 0. The van der Waals surface area contributed by atoms with E-state index >= 15 is 0 Å². The highest BCUT2D eigenvalue weighted by atomic mass is 16.2. The molecule has 0 aromatic heterocycles. The fraction of sp³-hybridized carbons (Fsp3) is 0.400. The molecule has 1 fully saturated rings. The topological polar surface area (TPSA) is 82.0 Å². The van der Waals surface area contributed by atoms with E-state index in [-0.39, 0.29) is 5.91 Å². The predicted molar refractivity (Wildman–Crippen MR) is 74.8 cm³/mol. The van der Waals surface area contributed by atoms with E-state index in [0.29, 0.717) is 30.5 Å². The molecule has 0 atom stereocenters. The van der Waals surface area contributed by atoms with E-state index < -0.39 is 5.54 Å². The molecule has 1 aromatic carbocycles. The molecule has 104 valence electrons. The second kappa shape index (κ2) is 6.20. The molecule has 0 unspecified atom stereocenters. The smallest absolute Gasteiger partial charge is 0.250 e. The van der Waals surface area contributed by atoms with Gasteiger partial charge in [-0.3, -0.25) is 9.59 Å². The minimum absolute atomic E-state index is 0.244. The maximum Gasteiger partial charge on any atom is 0.250 e. The summed E-state index contributed by atoms with van der Waals surface area (Å²) in [5.74, 6) is -0.244. The number of nitrogens with one attached hydrogen (secondary N) is 2. The van der Waals surface area contributed by atoms with Gasteiger partial charge in [-0.2, -0.15) is 5.26 Å². The Labute approximate surface area is 118 Å². The number of carbonyl (C=O) groups is 2. The van der Waals surface area contributed by atoms with Crippen molar-refractivity contribution in [1.82, 2.24) is 5.32 Å². The molecule has 1 aliphatic rings. The van der Waals surface area contributed by atoms with Crippen molar-refractivity contribution in [2.75, 3.05) is 5.32 Å². The summed E-state index contributed by atoms with van der Waals surface area (Å²) in [6.45, 7) is 0. The van der Waals surface area contributed by atoms with Crippen molar-refractivity contribution in [3.8, 4) is 6.07 Å². The average molecular weight is 271 g/mol. The summed E-state index contributed by atoms with van der Waals surface area (Å²) in [5, 5.41) is 14.5. The zero-order chi connectivity index (χ0) is 14.4. The highest BCUT2D eigenvalue weighted by Gasteiger charge is 2.39. The summed E-state index contributed by atoms with van der Waals surface area (Å²) in [6, 6.07) is 8.89. The molecule has 2 amide bonds. The van der Waals surface area contributed by atoms with Gasteiger partial charge in [-0.25, -0.2) is 0 Å². The van der Waals surface area contributed by atoms with E-state index in [1.807, 2.05) is 6.07 Å². The molecule has 0 aliphatic heterocycles. The molecule has 5 heteroatoms. The summed E-state index contributed by atoms with van der Waals surface area (Å²) in [4.78, 5) is 23.3. The van der Waals surface area contributed by atoms with Crippen molar-refractivity contribution in [2.24, 2.45) is 0 Å².